The molecular weight excluding hydrogens is 350 g/mol. The summed E-state index contributed by atoms with van der Waals surface area (Å²) in [6, 6.07) is 0. The Bertz CT molecular complexity index is 580. The molecule has 8 heteroatoms. The van der Waals surface area contributed by atoms with Gasteiger partial charge in [0.1, 0.15) is 10.6 Å². The molecule has 0 bridgehead atoms. The van der Waals surface area contributed by atoms with Crippen LogP contribution in [0.25, 0.3) is 0 Å². The molecule has 0 saturated heterocycles. The second-order valence-corrected chi connectivity index (χ2v) is 8.09. The number of aliphatic imine (C=N–C) groups is 1. The zero-order valence-electron chi connectivity index (χ0n) is 16.9. The van der Waals surface area contributed by atoms with E-state index in [0.29, 0.717) is 32.1 Å². The Morgan fingerprint density at radius 3 is 2.58 bits per heavy atom. The molecule has 0 spiro atoms. The molecule has 26 heavy (non-hydrogen) atoms. The number of nitrogens with zero attached hydrogens (tertiary/aromatic N) is 3. The fourth-order valence-corrected chi connectivity index (χ4v) is 2.98. The zero-order chi connectivity index (χ0) is 19.6. The van der Waals surface area contributed by atoms with Gasteiger partial charge in [0.25, 0.3) is 0 Å². The molecule has 0 saturated carbocycles. The predicted molar refractivity (Wildman–Crippen MR) is 108 cm³/mol. The molecule has 0 aromatic carbocycles. The summed E-state index contributed by atoms with van der Waals surface area (Å²) in [5.41, 5.74) is -0.487. The lowest BCUT2D eigenvalue weighted by Crippen LogP contribution is -2.44. The Balaban J connectivity index is 2.44. The van der Waals surface area contributed by atoms with Crippen LogP contribution in [0.5, 0.6) is 0 Å². The van der Waals surface area contributed by atoms with Crippen molar-refractivity contribution in [1.82, 2.24) is 20.5 Å². The van der Waals surface area contributed by atoms with Gasteiger partial charge in [0.2, 0.25) is 0 Å². The van der Waals surface area contributed by atoms with Crippen LogP contribution < -0.4 is 10.6 Å². The van der Waals surface area contributed by atoms with Gasteiger partial charge in [0, 0.05) is 37.8 Å². The fraction of sp³-hybridized carbons (Fsp3) is 0.722. The van der Waals surface area contributed by atoms with Crippen LogP contribution in [0.3, 0.4) is 0 Å². The van der Waals surface area contributed by atoms with Crippen LogP contribution in [0.1, 0.15) is 50.9 Å². The van der Waals surface area contributed by atoms with E-state index >= 15 is 0 Å². The average Bonchev–Trinajstić information content (AvgIpc) is 3.03. The monoisotopic (exact) mass is 383 g/mol. The predicted octanol–water partition coefficient (Wildman–Crippen LogP) is 3.02. The molecule has 1 aromatic rings. The van der Waals surface area contributed by atoms with Crippen LogP contribution in [0.15, 0.2) is 11.2 Å². The molecule has 0 aliphatic carbocycles. The van der Waals surface area contributed by atoms with Gasteiger partial charge in [-0.05, 0) is 33.6 Å². The van der Waals surface area contributed by atoms with E-state index in [-0.39, 0.29) is 6.09 Å². The van der Waals surface area contributed by atoms with E-state index in [2.05, 4.69) is 27.5 Å². The van der Waals surface area contributed by atoms with Gasteiger partial charge in [-0.1, -0.05) is 13.8 Å². The molecule has 0 radical (unpaired) electrons. The first kappa shape index (κ1) is 22.2. The summed E-state index contributed by atoms with van der Waals surface area (Å²) in [6.45, 7) is 12.3. The highest BCUT2D eigenvalue weighted by Crippen LogP contribution is 2.12. The third-order valence-electron chi connectivity index (χ3n) is 3.40. The number of aryl methyl sites for hydroxylation is 1. The summed E-state index contributed by atoms with van der Waals surface area (Å²) in [6.07, 6.45) is 3.53. The second-order valence-electron chi connectivity index (χ2n) is 6.89. The molecule has 0 unspecified atom stereocenters. The van der Waals surface area contributed by atoms with Gasteiger partial charge in [0.05, 0.1) is 6.54 Å². The minimum absolute atomic E-state index is 0.279. The fourth-order valence-electron chi connectivity index (χ4n) is 2.17. The van der Waals surface area contributed by atoms with Gasteiger partial charge in [-0.2, -0.15) is 0 Å². The molecule has 1 rings (SSSR count). The number of carbonyl (C=O) groups excluding carboxylic acids is 1. The van der Waals surface area contributed by atoms with Crippen molar-refractivity contribution in [2.75, 3.05) is 26.7 Å². The van der Waals surface area contributed by atoms with E-state index < -0.39 is 5.60 Å². The van der Waals surface area contributed by atoms with E-state index in [1.165, 1.54) is 4.88 Å². The molecule has 148 valence electrons. The smallest absolute Gasteiger partial charge is 0.410 e. The van der Waals surface area contributed by atoms with Crippen molar-refractivity contribution in [3.63, 3.8) is 0 Å². The topological polar surface area (TPSA) is 78.9 Å². The Kier molecular flexibility index (Phi) is 9.40. The summed E-state index contributed by atoms with van der Waals surface area (Å²) < 4.78 is 5.46. The SMILES string of the molecule is CCCN(CCNC(=NC)NCc1ncc(CC)s1)C(=O)OC(C)(C)C. The number of hydrogen-bond donors (Lipinski definition) is 2. The van der Waals surface area contributed by atoms with Gasteiger partial charge in [-0.15, -0.1) is 11.3 Å². The summed E-state index contributed by atoms with van der Waals surface area (Å²) in [5, 5.41) is 7.52. The van der Waals surface area contributed by atoms with E-state index in [1.54, 1.807) is 23.3 Å². The van der Waals surface area contributed by atoms with E-state index in [4.69, 9.17) is 4.74 Å². The Morgan fingerprint density at radius 1 is 1.31 bits per heavy atom. The van der Waals surface area contributed by atoms with Crippen molar-refractivity contribution in [2.45, 2.75) is 59.6 Å². The van der Waals surface area contributed by atoms with E-state index in [0.717, 1.165) is 17.8 Å². The van der Waals surface area contributed by atoms with Crippen molar-refractivity contribution in [3.05, 3.63) is 16.1 Å². The van der Waals surface area contributed by atoms with Crippen LogP contribution in [-0.4, -0.2) is 54.2 Å². The molecule has 0 aliphatic heterocycles. The number of hydrogen-bond acceptors (Lipinski definition) is 5. The number of rotatable bonds is 8. The number of aromatic nitrogens is 1. The number of carbonyl (C=O) groups is 1. The van der Waals surface area contributed by atoms with Gasteiger partial charge >= 0.3 is 6.09 Å². The summed E-state index contributed by atoms with van der Waals surface area (Å²) in [5.74, 6) is 0.693. The van der Waals surface area contributed by atoms with Crippen LogP contribution in [0, 0.1) is 0 Å². The number of guanidine groups is 1. The summed E-state index contributed by atoms with van der Waals surface area (Å²) in [7, 11) is 1.73. The molecule has 0 atom stereocenters. The minimum Gasteiger partial charge on any atom is -0.444 e. The first-order valence-corrected chi connectivity index (χ1v) is 9.96. The van der Waals surface area contributed by atoms with Gasteiger partial charge in [0.15, 0.2) is 5.96 Å². The molecule has 2 N–H and O–H groups in total. The largest absolute Gasteiger partial charge is 0.444 e. The van der Waals surface area contributed by atoms with Gasteiger partial charge in [-0.3, -0.25) is 4.99 Å². The Morgan fingerprint density at radius 2 is 2.04 bits per heavy atom. The minimum atomic E-state index is -0.487. The van der Waals surface area contributed by atoms with Crippen LogP contribution in [0.4, 0.5) is 4.79 Å². The maximum absolute atomic E-state index is 12.3. The molecule has 0 aliphatic rings. The van der Waals surface area contributed by atoms with Gasteiger partial charge in [-0.25, -0.2) is 9.78 Å². The maximum Gasteiger partial charge on any atom is 0.410 e. The standard InChI is InChI=1S/C18H33N5O2S/c1-7-10-23(17(24)25-18(3,4)5)11-9-20-16(19-6)22-13-15-21-12-14(8-2)26-15/h12H,7-11,13H2,1-6H3,(H2,19,20,22). The van der Waals surface area contributed by atoms with Crippen molar-refractivity contribution in [3.8, 4) is 0 Å². The molecular formula is C18H33N5O2S. The van der Waals surface area contributed by atoms with Crippen molar-refractivity contribution >= 4 is 23.4 Å². The number of ether oxygens (including phenoxy) is 1. The molecule has 1 amide bonds. The highest BCUT2D eigenvalue weighted by molar-refractivity contribution is 7.11. The lowest BCUT2D eigenvalue weighted by molar-refractivity contribution is 0.0253. The number of amides is 1. The third-order valence-corrected chi connectivity index (χ3v) is 4.54. The Labute approximate surface area is 161 Å². The normalized spacial score (nSPS) is 12.0. The quantitative estimate of drug-likeness (QED) is 0.533. The number of nitrogens with one attached hydrogen (secondary N) is 2. The average molecular weight is 384 g/mol. The first-order chi connectivity index (χ1) is 12.3. The van der Waals surface area contributed by atoms with E-state index in [9.17, 15) is 4.79 Å². The van der Waals surface area contributed by atoms with Crippen LogP contribution in [-0.2, 0) is 17.7 Å². The molecule has 1 aromatic heterocycles. The Hall–Kier alpha value is -1.83. The molecule has 0 fully saturated rings. The highest BCUT2D eigenvalue weighted by Gasteiger charge is 2.21. The van der Waals surface area contributed by atoms with Crippen LogP contribution >= 0.6 is 11.3 Å². The van der Waals surface area contributed by atoms with Crippen molar-refractivity contribution in [1.29, 1.82) is 0 Å². The number of thiazole rings is 1. The first-order valence-electron chi connectivity index (χ1n) is 9.15. The second kappa shape index (κ2) is 11.0. The molecule has 7 nitrogen and oxygen atoms in total. The molecule has 1 heterocycles. The zero-order valence-corrected chi connectivity index (χ0v) is 17.7. The third kappa shape index (κ3) is 8.51. The maximum atomic E-state index is 12.3. The van der Waals surface area contributed by atoms with E-state index in [1.807, 2.05) is 33.9 Å². The van der Waals surface area contributed by atoms with Gasteiger partial charge < -0.3 is 20.3 Å². The summed E-state index contributed by atoms with van der Waals surface area (Å²) >= 11 is 1.70. The van der Waals surface area contributed by atoms with Crippen molar-refractivity contribution in [2.24, 2.45) is 4.99 Å². The lowest BCUT2D eigenvalue weighted by atomic mass is 10.2. The van der Waals surface area contributed by atoms with Crippen LogP contribution in [0.2, 0.25) is 0 Å². The summed E-state index contributed by atoms with van der Waals surface area (Å²) in [4.78, 5) is 23.9. The lowest BCUT2D eigenvalue weighted by Gasteiger charge is -2.27. The highest BCUT2D eigenvalue weighted by atomic mass is 32.1. The van der Waals surface area contributed by atoms with Crippen molar-refractivity contribution < 1.29 is 9.53 Å².